The van der Waals surface area contributed by atoms with Gasteiger partial charge in [0.2, 0.25) is 0 Å². The molecule has 0 aromatic carbocycles. The molecule has 3 fully saturated rings. The molecule has 1 heterocycles. The van der Waals surface area contributed by atoms with E-state index in [1.165, 1.54) is 0 Å². The van der Waals surface area contributed by atoms with Gasteiger partial charge in [0.25, 0.3) is 0 Å². The first-order valence-corrected chi connectivity index (χ1v) is 7.67. The molecule has 5 nitrogen and oxygen atoms in total. The number of carbonyl (C=O) groups is 2. The molecular formula is C17H22O5. The molecule has 2 bridgehead atoms. The van der Waals surface area contributed by atoms with E-state index in [0.717, 1.165) is 17.6 Å². The van der Waals surface area contributed by atoms with Crippen molar-refractivity contribution in [2.45, 2.75) is 32.5 Å². The number of ether oxygens (including phenoxy) is 3. The number of carbonyl (C=O) groups excluding carboxylic acids is 2. The third-order valence-corrected chi connectivity index (χ3v) is 4.73. The van der Waals surface area contributed by atoms with E-state index in [4.69, 9.17) is 14.2 Å². The van der Waals surface area contributed by atoms with Crippen LogP contribution in [0, 0.1) is 23.7 Å². The summed E-state index contributed by atoms with van der Waals surface area (Å²) in [5.74, 6) is -1.41. The molecule has 6 atom stereocenters. The van der Waals surface area contributed by atoms with Crippen LogP contribution in [0.3, 0.4) is 0 Å². The first kappa shape index (κ1) is 15.3. The zero-order chi connectivity index (χ0) is 16.0. The van der Waals surface area contributed by atoms with Crippen LogP contribution in [0.4, 0.5) is 0 Å². The Morgan fingerprint density at radius 1 is 0.955 bits per heavy atom. The number of rotatable bonds is 6. The van der Waals surface area contributed by atoms with Crippen LogP contribution < -0.4 is 0 Å². The van der Waals surface area contributed by atoms with Crippen LogP contribution in [0.25, 0.3) is 0 Å². The average Bonchev–Trinajstić information content (AvgIpc) is 3.07. The maximum absolute atomic E-state index is 12.4. The SMILES string of the molecule is C=C(C)COC(=O)[C@H]1[C@@H]2C[C@H]([C@H]3O[C@H]23)[C@@H]1C(=O)OCC(=C)C. The van der Waals surface area contributed by atoms with Gasteiger partial charge in [-0.1, -0.05) is 13.2 Å². The standard InChI is InChI=1S/C17H22O5/c1-8(2)6-20-16(18)12-10-5-11(15-14(10)22-15)13(12)17(19)21-7-9(3)4/h10-15H,1,3,5-7H2,2,4H3/t10-,11-,12-,13-,14+,15+/m0/s1. The van der Waals surface area contributed by atoms with Crippen molar-refractivity contribution in [2.24, 2.45) is 23.7 Å². The van der Waals surface area contributed by atoms with Crippen molar-refractivity contribution in [1.82, 2.24) is 0 Å². The number of epoxide rings is 1. The summed E-state index contributed by atoms with van der Waals surface area (Å²) < 4.78 is 16.2. The van der Waals surface area contributed by atoms with Crippen molar-refractivity contribution in [1.29, 1.82) is 0 Å². The van der Waals surface area contributed by atoms with Crippen LogP contribution in [-0.4, -0.2) is 37.4 Å². The lowest BCUT2D eigenvalue weighted by Crippen LogP contribution is -2.40. The molecule has 0 radical (unpaired) electrons. The second-order valence-corrected chi connectivity index (χ2v) is 6.81. The van der Waals surface area contributed by atoms with E-state index in [2.05, 4.69) is 13.2 Å². The van der Waals surface area contributed by atoms with Crippen molar-refractivity contribution in [3.8, 4) is 0 Å². The molecule has 0 N–H and O–H groups in total. The van der Waals surface area contributed by atoms with E-state index in [1.807, 2.05) is 0 Å². The highest BCUT2D eigenvalue weighted by atomic mass is 16.6. The predicted octanol–water partition coefficient (Wildman–Crippen LogP) is 1.87. The Morgan fingerprint density at radius 3 is 1.73 bits per heavy atom. The molecule has 0 aromatic heterocycles. The molecule has 2 saturated carbocycles. The molecule has 0 spiro atoms. The molecule has 1 aliphatic heterocycles. The quantitative estimate of drug-likeness (QED) is 0.426. The lowest BCUT2D eigenvalue weighted by molar-refractivity contribution is -0.161. The molecule has 0 unspecified atom stereocenters. The fraction of sp³-hybridized carbons (Fsp3) is 0.647. The Morgan fingerprint density at radius 2 is 1.36 bits per heavy atom. The number of hydrogen-bond acceptors (Lipinski definition) is 5. The summed E-state index contributed by atoms with van der Waals surface area (Å²) in [6.07, 6.45) is 1.09. The van der Waals surface area contributed by atoms with Gasteiger partial charge in [0.1, 0.15) is 13.2 Å². The van der Waals surface area contributed by atoms with Gasteiger partial charge in [-0.15, -0.1) is 0 Å². The van der Waals surface area contributed by atoms with Gasteiger partial charge in [0.15, 0.2) is 0 Å². The Balaban J connectivity index is 1.71. The first-order chi connectivity index (χ1) is 10.4. The third-order valence-electron chi connectivity index (χ3n) is 4.73. The third kappa shape index (κ3) is 2.58. The zero-order valence-corrected chi connectivity index (χ0v) is 13.0. The van der Waals surface area contributed by atoms with Gasteiger partial charge < -0.3 is 14.2 Å². The fourth-order valence-electron chi connectivity index (χ4n) is 3.87. The van der Waals surface area contributed by atoms with Crippen LogP contribution in [-0.2, 0) is 23.8 Å². The molecule has 3 aliphatic rings. The van der Waals surface area contributed by atoms with Crippen molar-refractivity contribution >= 4 is 11.9 Å². The lowest BCUT2D eigenvalue weighted by atomic mass is 9.79. The molecule has 0 aromatic rings. The Kier molecular flexibility index (Phi) is 3.85. The van der Waals surface area contributed by atoms with Crippen LogP contribution >= 0.6 is 0 Å². The topological polar surface area (TPSA) is 65.1 Å². The Bertz CT molecular complexity index is 491. The van der Waals surface area contributed by atoms with Crippen LogP contribution in [0.2, 0.25) is 0 Å². The molecule has 3 rings (SSSR count). The Labute approximate surface area is 130 Å². The van der Waals surface area contributed by atoms with E-state index in [9.17, 15) is 9.59 Å². The minimum Gasteiger partial charge on any atom is -0.461 e. The van der Waals surface area contributed by atoms with E-state index >= 15 is 0 Å². The summed E-state index contributed by atoms with van der Waals surface area (Å²) in [5.41, 5.74) is 1.55. The smallest absolute Gasteiger partial charge is 0.310 e. The van der Waals surface area contributed by atoms with Crippen LogP contribution in [0.15, 0.2) is 24.3 Å². The van der Waals surface area contributed by atoms with E-state index < -0.39 is 11.8 Å². The van der Waals surface area contributed by atoms with Crippen molar-refractivity contribution in [3.63, 3.8) is 0 Å². The number of hydrogen-bond donors (Lipinski definition) is 0. The van der Waals surface area contributed by atoms with Gasteiger partial charge in [-0.25, -0.2) is 0 Å². The van der Waals surface area contributed by atoms with Gasteiger partial charge in [0.05, 0.1) is 24.0 Å². The summed E-state index contributed by atoms with van der Waals surface area (Å²) in [4.78, 5) is 24.8. The monoisotopic (exact) mass is 306 g/mol. The minimum absolute atomic E-state index is 0.0787. The highest BCUT2D eigenvalue weighted by Crippen LogP contribution is 2.62. The van der Waals surface area contributed by atoms with E-state index in [-0.39, 0.29) is 49.2 Å². The zero-order valence-electron chi connectivity index (χ0n) is 13.0. The van der Waals surface area contributed by atoms with Crippen molar-refractivity contribution in [2.75, 3.05) is 13.2 Å². The summed E-state index contributed by atoms with van der Waals surface area (Å²) in [5, 5.41) is 0. The highest BCUT2D eigenvalue weighted by molar-refractivity contribution is 5.84. The summed E-state index contributed by atoms with van der Waals surface area (Å²) >= 11 is 0. The van der Waals surface area contributed by atoms with E-state index in [0.29, 0.717) is 0 Å². The van der Waals surface area contributed by atoms with Crippen molar-refractivity contribution in [3.05, 3.63) is 24.3 Å². The van der Waals surface area contributed by atoms with Crippen LogP contribution in [0.1, 0.15) is 20.3 Å². The fourth-order valence-corrected chi connectivity index (χ4v) is 3.87. The first-order valence-electron chi connectivity index (χ1n) is 7.67. The second kappa shape index (κ2) is 5.54. The second-order valence-electron chi connectivity index (χ2n) is 6.81. The summed E-state index contributed by atoms with van der Waals surface area (Å²) in [6.45, 7) is 11.4. The van der Waals surface area contributed by atoms with Gasteiger partial charge in [-0.05, 0) is 31.4 Å². The van der Waals surface area contributed by atoms with Gasteiger partial charge in [-0.3, -0.25) is 9.59 Å². The molecular weight excluding hydrogens is 284 g/mol. The Hall–Kier alpha value is -1.62. The molecule has 2 aliphatic carbocycles. The maximum atomic E-state index is 12.4. The summed E-state index contributed by atoms with van der Waals surface area (Å²) in [7, 11) is 0. The minimum atomic E-state index is -0.453. The molecule has 22 heavy (non-hydrogen) atoms. The maximum Gasteiger partial charge on any atom is 0.310 e. The summed E-state index contributed by atoms with van der Waals surface area (Å²) in [6, 6.07) is 0. The normalized spacial score (nSPS) is 37.4. The number of esters is 2. The van der Waals surface area contributed by atoms with Crippen LogP contribution in [0.5, 0.6) is 0 Å². The average molecular weight is 306 g/mol. The molecule has 120 valence electrons. The van der Waals surface area contributed by atoms with Gasteiger partial charge in [0, 0.05) is 11.8 Å². The molecule has 5 heteroatoms. The lowest BCUT2D eigenvalue weighted by Gasteiger charge is -2.25. The highest BCUT2D eigenvalue weighted by Gasteiger charge is 2.71. The van der Waals surface area contributed by atoms with Crippen molar-refractivity contribution < 1.29 is 23.8 Å². The predicted molar refractivity (Wildman–Crippen MR) is 78.8 cm³/mol. The molecule has 0 amide bonds. The van der Waals surface area contributed by atoms with Gasteiger partial charge in [-0.2, -0.15) is 0 Å². The largest absolute Gasteiger partial charge is 0.461 e. The van der Waals surface area contributed by atoms with E-state index in [1.54, 1.807) is 13.8 Å². The van der Waals surface area contributed by atoms with Gasteiger partial charge >= 0.3 is 11.9 Å². The molecule has 1 saturated heterocycles. The number of fused-ring (bicyclic) bond motifs is 5.